The van der Waals surface area contributed by atoms with Gasteiger partial charge in [0.2, 0.25) is 11.8 Å². The van der Waals surface area contributed by atoms with Crippen LogP contribution in [0.2, 0.25) is 0 Å². The number of hydrogen-bond acceptors (Lipinski definition) is 6. The van der Waals surface area contributed by atoms with Crippen molar-refractivity contribution >= 4 is 17.8 Å². The quantitative estimate of drug-likeness (QED) is 0.399. The van der Waals surface area contributed by atoms with Gasteiger partial charge in [0.05, 0.1) is 18.1 Å². The summed E-state index contributed by atoms with van der Waals surface area (Å²) in [5, 5.41) is 12.4. The molecule has 3 aliphatic heterocycles. The number of hydrogen-bond donors (Lipinski definition) is 2. The largest absolute Gasteiger partial charge is 0.466 e. The van der Waals surface area contributed by atoms with Gasteiger partial charge < -0.3 is 24.8 Å². The van der Waals surface area contributed by atoms with E-state index in [9.17, 15) is 19.5 Å². The van der Waals surface area contributed by atoms with Crippen LogP contribution in [0.5, 0.6) is 0 Å². The van der Waals surface area contributed by atoms with E-state index in [1.54, 1.807) is 11.8 Å². The van der Waals surface area contributed by atoms with Crippen molar-refractivity contribution in [2.75, 3.05) is 19.8 Å². The minimum atomic E-state index is -1.04. The molecule has 1 spiro atoms. The highest BCUT2D eigenvalue weighted by molar-refractivity contribution is 5.98. The molecule has 0 saturated carbocycles. The van der Waals surface area contributed by atoms with Gasteiger partial charge in [0.15, 0.2) is 0 Å². The Morgan fingerprint density at radius 3 is 2.45 bits per heavy atom. The van der Waals surface area contributed by atoms with Gasteiger partial charge >= 0.3 is 5.97 Å². The van der Waals surface area contributed by atoms with Crippen LogP contribution in [0.1, 0.15) is 80.6 Å². The lowest BCUT2D eigenvalue weighted by Crippen LogP contribution is -2.59. The summed E-state index contributed by atoms with van der Waals surface area (Å²) >= 11 is 0. The summed E-state index contributed by atoms with van der Waals surface area (Å²) in [4.78, 5) is 42.1. The van der Waals surface area contributed by atoms with Gasteiger partial charge in [-0.25, -0.2) is 0 Å². The van der Waals surface area contributed by atoms with Gasteiger partial charge in [-0.3, -0.25) is 14.4 Å². The fraction of sp³-hybridized carbons (Fsp3) is 0.880. The predicted molar refractivity (Wildman–Crippen MR) is 123 cm³/mol. The molecule has 5 atom stereocenters. The maximum Gasteiger partial charge on any atom is 0.312 e. The van der Waals surface area contributed by atoms with Crippen LogP contribution in [0.4, 0.5) is 0 Å². The second-order valence-electron chi connectivity index (χ2n) is 12.1. The molecule has 2 amide bonds. The van der Waals surface area contributed by atoms with Crippen LogP contribution in [-0.2, 0) is 23.9 Å². The number of aliphatic hydroxyl groups is 1. The van der Waals surface area contributed by atoms with E-state index < -0.39 is 40.6 Å². The second-order valence-corrected chi connectivity index (χ2v) is 12.1. The van der Waals surface area contributed by atoms with Crippen LogP contribution < -0.4 is 5.32 Å². The second kappa shape index (κ2) is 8.84. The van der Waals surface area contributed by atoms with Gasteiger partial charge in [0.25, 0.3) is 0 Å². The number of unbranched alkanes of at least 4 members (excludes halogenated alkanes) is 1. The lowest BCUT2D eigenvalue weighted by molar-refractivity contribution is -0.159. The third-order valence-corrected chi connectivity index (χ3v) is 7.31. The van der Waals surface area contributed by atoms with E-state index >= 15 is 0 Å². The van der Waals surface area contributed by atoms with Crippen LogP contribution in [-0.4, -0.2) is 70.3 Å². The van der Waals surface area contributed by atoms with Gasteiger partial charge in [-0.1, -0.05) is 20.8 Å². The average molecular weight is 467 g/mol. The zero-order valence-electron chi connectivity index (χ0n) is 21.3. The molecule has 2 N–H and O–H groups in total. The number of carbonyl (C=O) groups is 3. The predicted octanol–water partition coefficient (Wildman–Crippen LogP) is 2.42. The molecular weight excluding hydrogens is 424 g/mol. The normalized spacial score (nSPS) is 33.4. The molecule has 0 aromatic carbocycles. The molecule has 0 aromatic rings. The average Bonchev–Trinajstić information content (AvgIpc) is 3.21. The molecule has 3 aliphatic rings. The monoisotopic (exact) mass is 466 g/mol. The molecule has 8 heteroatoms. The van der Waals surface area contributed by atoms with Crippen LogP contribution in [0, 0.1) is 17.3 Å². The van der Waals surface area contributed by atoms with Crippen LogP contribution in [0.25, 0.3) is 0 Å². The van der Waals surface area contributed by atoms with E-state index in [4.69, 9.17) is 9.47 Å². The third kappa shape index (κ3) is 4.65. The molecule has 0 aromatic heterocycles. The SMILES string of the molecule is CCOC(=O)[C@@H]1[C@H]2C(=O)N(CCCCO)C(C(=O)NC(C)(C)CC(C)(C)C)C23CC[C@@]1(C)O3. The number of rotatable bonds is 9. The highest BCUT2D eigenvalue weighted by Crippen LogP contribution is 2.63. The minimum absolute atomic E-state index is 0.00864. The fourth-order valence-corrected chi connectivity index (χ4v) is 6.72. The van der Waals surface area contributed by atoms with Gasteiger partial charge in [0, 0.05) is 18.7 Å². The molecule has 0 radical (unpaired) electrons. The highest BCUT2D eigenvalue weighted by atomic mass is 16.6. The van der Waals surface area contributed by atoms with Gasteiger partial charge in [-0.15, -0.1) is 0 Å². The first-order valence-electron chi connectivity index (χ1n) is 12.3. The fourth-order valence-electron chi connectivity index (χ4n) is 6.72. The molecule has 2 bridgehead atoms. The van der Waals surface area contributed by atoms with E-state index in [0.717, 1.165) is 6.42 Å². The zero-order chi connectivity index (χ0) is 24.8. The number of carbonyl (C=O) groups excluding carboxylic acids is 3. The Morgan fingerprint density at radius 1 is 1.21 bits per heavy atom. The van der Waals surface area contributed by atoms with E-state index in [2.05, 4.69) is 26.1 Å². The van der Waals surface area contributed by atoms with Crippen molar-refractivity contribution in [2.45, 2.75) is 103 Å². The summed E-state index contributed by atoms with van der Waals surface area (Å²) in [7, 11) is 0. The van der Waals surface area contributed by atoms with Crippen molar-refractivity contribution < 1.29 is 29.0 Å². The van der Waals surface area contributed by atoms with Crippen molar-refractivity contribution in [3.63, 3.8) is 0 Å². The molecule has 3 heterocycles. The third-order valence-electron chi connectivity index (χ3n) is 7.31. The standard InChI is InChI=1S/C25H42N2O6/c1-8-32-21(31)17-16-20(30)27(13-9-10-14-28)18(25(16)12-11-24(17,7)33-25)19(29)26-23(5,6)15-22(2,3)4/h16-18,28H,8-15H2,1-7H3,(H,26,29)/t16-,17-,18?,24+,25?/m0/s1. The molecule has 188 valence electrons. The molecule has 8 nitrogen and oxygen atoms in total. The summed E-state index contributed by atoms with van der Waals surface area (Å²) in [6.45, 7) is 14.6. The van der Waals surface area contributed by atoms with Crippen molar-refractivity contribution in [1.29, 1.82) is 0 Å². The van der Waals surface area contributed by atoms with E-state index in [-0.39, 0.29) is 30.4 Å². The van der Waals surface area contributed by atoms with Crippen LogP contribution in [0.3, 0.4) is 0 Å². The smallest absolute Gasteiger partial charge is 0.312 e. The first kappa shape index (κ1) is 25.9. The Balaban J connectivity index is 1.97. The maximum atomic E-state index is 13.8. The van der Waals surface area contributed by atoms with Crippen molar-refractivity contribution in [1.82, 2.24) is 10.2 Å². The lowest BCUT2D eigenvalue weighted by Gasteiger charge is -2.38. The van der Waals surface area contributed by atoms with Crippen molar-refractivity contribution in [2.24, 2.45) is 17.3 Å². The highest BCUT2D eigenvalue weighted by Gasteiger charge is 2.78. The number of fused-ring (bicyclic) bond motifs is 1. The van der Waals surface area contributed by atoms with E-state index in [1.807, 2.05) is 20.8 Å². The first-order valence-corrected chi connectivity index (χ1v) is 12.3. The number of nitrogens with one attached hydrogen (secondary N) is 1. The Hall–Kier alpha value is -1.67. The molecule has 33 heavy (non-hydrogen) atoms. The van der Waals surface area contributed by atoms with E-state index in [1.165, 1.54) is 0 Å². The van der Waals surface area contributed by atoms with Crippen LogP contribution in [0.15, 0.2) is 0 Å². The van der Waals surface area contributed by atoms with Crippen molar-refractivity contribution in [3.05, 3.63) is 0 Å². The molecule has 0 aliphatic carbocycles. The summed E-state index contributed by atoms with van der Waals surface area (Å²) in [5.74, 6) is -2.34. The zero-order valence-corrected chi connectivity index (χ0v) is 21.3. The van der Waals surface area contributed by atoms with Gasteiger partial charge in [0.1, 0.15) is 17.6 Å². The number of esters is 1. The molecule has 3 saturated heterocycles. The van der Waals surface area contributed by atoms with Crippen LogP contribution >= 0.6 is 0 Å². The Bertz CT molecular complexity index is 790. The molecule has 3 fully saturated rings. The number of likely N-dealkylation sites (tertiary alicyclic amines) is 1. The Labute approximate surface area is 197 Å². The number of ether oxygens (including phenoxy) is 2. The van der Waals surface area contributed by atoms with Gasteiger partial charge in [-0.2, -0.15) is 0 Å². The van der Waals surface area contributed by atoms with Gasteiger partial charge in [-0.05, 0) is 65.2 Å². The van der Waals surface area contributed by atoms with Crippen molar-refractivity contribution in [3.8, 4) is 0 Å². The molecule has 3 rings (SSSR count). The number of nitrogens with zero attached hydrogens (tertiary/aromatic N) is 1. The van der Waals surface area contributed by atoms with E-state index in [0.29, 0.717) is 32.2 Å². The topological polar surface area (TPSA) is 105 Å². The minimum Gasteiger partial charge on any atom is -0.466 e. The molecular formula is C25H42N2O6. The summed E-state index contributed by atoms with van der Waals surface area (Å²) in [5.41, 5.74) is -2.33. The summed E-state index contributed by atoms with van der Waals surface area (Å²) < 4.78 is 11.9. The summed E-state index contributed by atoms with van der Waals surface area (Å²) in [6.07, 6.45) is 3.01. The molecule has 2 unspecified atom stereocenters. The Kier molecular flexibility index (Phi) is 6.95. The first-order chi connectivity index (χ1) is 15.2. The summed E-state index contributed by atoms with van der Waals surface area (Å²) in [6, 6.07) is -0.811. The Morgan fingerprint density at radius 2 is 1.88 bits per heavy atom. The maximum absolute atomic E-state index is 13.8. The number of amides is 2. The lowest BCUT2D eigenvalue weighted by atomic mass is 9.66. The number of aliphatic hydroxyl groups excluding tert-OH is 1.